The minimum absolute atomic E-state index is 0.0178. The van der Waals surface area contributed by atoms with Gasteiger partial charge in [0.25, 0.3) is 0 Å². The first kappa shape index (κ1) is 21.4. The highest BCUT2D eigenvalue weighted by atomic mass is 16.5. The minimum atomic E-state index is -0.493. The second kappa shape index (κ2) is 9.93. The number of rotatable bonds is 7. The molecule has 2 aliphatic rings. The van der Waals surface area contributed by atoms with Crippen molar-refractivity contribution in [2.75, 3.05) is 47.5 Å². The van der Waals surface area contributed by atoms with Gasteiger partial charge in [-0.05, 0) is 18.9 Å². The molecule has 3 rings (SSSR count). The van der Waals surface area contributed by atoms with E-state index < -0.39 is 6.04 Å². The third-order valence-electron chi connectivity index (χ3n) is 5.80. The maximum absolute atomic E-state index is 12.9. The van der Waals surface area contributed by atoms with Crippen LogP contribution in [0.1, 0.15) is 24.8 Å². The summed E-state index contributed by atoms with van der Waals surface area (Å²) in [7, 11) is 4.92. The molecule has 0 aliphatic carbocycles. The van der Waals surface area contributed by atoms with Crippen LogP contribution in [0, 0.1) is 0 Å². The number of piperidine rings is 1. The van der Waals surface area contributed by atoms with Crippen LogP contribution in [-0.4, -0.2) is 81.3 Å². The van der Waals surface area contributed by atoms with E-state index in [0.29, 0.717) is 44.2 Å². The molecule has 0 aromatic heterocycles. The Hall–Kier alpha value is -2.32. The van der Waals surface area contributed by atoms with Crippen LogP contribution < -0.4 is 14.8 Å². The molecular weight excluding hydrogens is 374 g/mol. The average Bonchev–Trinajstić information content (AvgIpc) is 2.75. The first-order valence-electron chi connectivity index (χ1n) is 10.1. The summed E-state index contributed by atoms with van der Waals surface area (Å²) >= 11 is 0. The van der Waals surface area contributed by atoms with E-state index >= 15 is 0 Å². The first-order valence-corrected chi connectivity index (χ1v) is 10.1. The van der Waals surface area contributed by atoms with Crippen LogP contribution in [0.15, 0.2) is 18.2 Å². The SMILES string of the molecule is COc1cccc(CN2CCNC(=O)C2CC(=O)N2CCC(OC)CC2)c1OC. The van der Waals surface area contributed by atoms with E-state index in [0.717, 1.165) is 18.4 Å². The summed E-state index contributed by atoms with van der Waals surface area (Å²) in [6.45, 7) is 3.10. The Bertz CT molecular complexity index is 718. The molecule has 0 saturated carbocycles. The van der Waals surface area contributed by atoms with Crippen LogP contribution in [0.25, 0.3) is 0 Å². The van der Waals surface area contributed by atoms with Gasteiger partial charge in [-0.15, -0.1) is 0 Å². The van der Waals surface area contributed by atoms with Crippen molar-refractivity contribution in [3.05, 3.63) is 23.8 Å². The molecule has 8 heteroatoms. The topological polar surface area (TPSA) is 80.3 Å². The zero-order valence-electron chi connectivity index (χ0n) is 17.5. The number of carbonyl (C=O) groups excluding carboxylic acids is 2. The van der Waals surface area contributed by atoms with E-state index in [1.165, 1.54) is 0 Å². The zero-order chi connectivity index (χ0) is 20.8. The average molecular weight is 405 g/mol. The number of piperazine rings is 1. The molecular formula is C21H31N3O5. The van der Waals surface area contributed by atoms with E-state index in [2.05, 4.69) is 10.2 Å². The number of carbonyl (C=O) groups is 2. The molecule has 1 N–H and O–H groups in total. The van der Waals surface area contributed by atoms with Crippen molar-refractivity contribution in [1.29, 1.82) is 0 Å². The van der Waals surface area contributed by atoms with Gasteiger partial charge in [-0.2, -0.15) is 0 Å². The van der Waals surface area contributed by atoms with Crippen LogP contribution in [0.3, 0.4) is 0 Å². The number of likely N-dealkylation sites (tertiary alicyclic amines) is 1. The summed E-state index contributed by atoms with van der Waals surface area (Å²) in [4.78, 5) is 29.4. The fourth-order valence-electron chi connectivity index (χ4n) is 4.11. The number of hydrogen-bond donors (Lipinski definition) is 1. The summed E-state index contributed by atoms with van der Waals surface area (Å²) in [6, 6.07) is 5.21. The fraction of sp³-hybridized carbons (Fsp3) is 0.619. The second-order valence-corrected chi connectivity index (χ2v) is 7.45. The van der Waals surface area contributed by atoms with Gasteiger partial charge in [-0.1, -0.05) is 12.1 Å². The van der Waals surface area contributed by atoms with Crippen molar-refractivity contribution in [2.45, 2.75) is 38.0 Å². The van der Waals surface area contributed by atoms with Crippen LogP contribution in [0.2, 0.25) is 0 Å². The summed E-state index contributed by atoms with van der Waals surface area (Å²) in [5, 5.41) is 2.90. The molecule has 29 heavy (non-hydrogen) atoms. The molecule has 0 radical (unpaired) electrons. The fourth-order valence-corrected chi connectivity index (χ4v) is 4.11. The standard InChI is InChI=1S/C21H31N3O5/c1-27-16-7-10-23(11-8-16)19(25)13-17-21(26)22-9-12-24(17)14-15-5-4-6-18(28-2)20(15)29-3/h4-6,16-17H,7-14H2,1-3H3,(H,22,26). The van der Waals surface area contributed by atoms with Crippen molar-refractivity contribution < 1.29 is 23.8 Å². The van der Waals surface area contributed by atoms with Gasteiger partial charge in [-0.25, -0.2) is 0 Å². The lowest BCUT2D eigenvalue weighted by Crippen LogP contribution is -2.56. The molecule has 2 fully saturated rings. The van der Waals surface area contributed by atoms with E-state index in [1.54, 1.807) is 21.3 Å². The van der Waals surface area contributed by atoms with E-state index in [-0.39, 0.29) is 24.3 Å². The molecule has 1 aromatic rings. The third kappa shape index (κ3) is 5.00. The Morgan fingerprint density at radius 3 is 2.55 bits per heavy atom. The summed E-state index contributed by atoms with van der Waals surface area (Å²) in [6.07, 6.45) is 2.07. The number of ether oxygens (including phenoxy) is 3. The molecule has 8 nitrogen and oxygen atoms in total. The molecule has 2 saturated heterocycles. The Kier molecular flexibility index (Phi) is 7.33. The summed E-state index contributed by atoms with van der Waals surface area (Å²) in [5.74, 6) is 1.23. The monoisotopic (exact) mass is 405 g/mol. The lowest BCUT2D eigenvalue weighted by atomic mass is 10.0. The quantitative estimate of drug-likeness (QED) is 0.730. The van der Waals surface area contributed by atoms with Crippen LogP contribution in [0.4, 0.5) is 0 Å². The minimum Gasteiger partial charge on any atom is -0.493 e. The van der Waals surface area contributed by atoms with Crippen molar-refractivity contribution in [3.8, 4) is 11.5 Å². The highest BCUT2D eigenvalue weighted by Gasteiger charge is 2.34. The smallest absolute Gasteiger partial charge is 0.237 e. The molecule has 1 aromatic carbocycles. The normalized spacial score (nSPS) is 21.0. The predicted octanol–water partition coefficient (Wildman–Crippen LogP) is 1.03. The predicted molar refractivity (Wildman–Crippen MR) is 108 cm³/mol. The number of para-hydroxylation sites is 1. The number of hydrogen-bond acceptors (Lipinski definition) is 6. The van der Waals surface area contributed by atoms with Crippen LogP contribution in [0.5, 0.6) is 11.5 Å². The maximum atomic E-state index is 12.9. The highest BCUT2D eigenvalue weighted by molar-refractivity contribution is 5.88. The number of benzene rings is 1. The third-order valence-corrected chi connectivity index (χ3v) is 5.80. The molecule has 2 heterocycles. The lowest BCUT2D eigenvalue weighted by molar-refractivity contribution is -0.140. The molecule has 0 spiro atoms. The van der Waals surface area contributed by atoms with Gasteiger partial charge >= 0.3 is 0 Å². The Labute approximate surface area is 172 Å². The van der Waals surface area contributed by atoms with Crippen LogP contribution in [-0.2, 0) is 20.9 Å². The summed E-state index contributed by atoms with van der Waals surface area (Å²) in [5.41, 5.74) is 0.930. The number of nitrogens with one attached hydrogen (secondary N) is 1. The number of nitrogens with zero attached hydrogens (tertiary/aromatic N) is 2. The van der Waals surface area contributed by atoms with E-state index in [1.807, 2.05) is 23.1 Å². The zero-order valence-corrected chi connectivity index (χ0v) is 17.5. The van der Waals surface area contributed by atoms with Gasteiger partial charge in [0, 0.05) is 45.4 Å². The largest absolute Gasteiger partial charge is 0.493 e. The number of methoxy groups -OCH3 is 3. The Morgan fingerprint density at radius 2 is 1.90 bits per heavy atom. The van der Waals surface area contributed by atoms with Gasteiger partial charge < -0.3 is 24.4 Å². The van der Waals surface area contributed by atoms with Gasteiger partial charge in [0.15, 0.2) is 11.5 Å². The van der Waals surface area contributed by atoms with Gasteiger partial charge in [-0.3, -0.25) is 14.5 Å². The molecule has 1 atom stereocenters. The van der Waals surface area contributed by atoms with E-state index in [4.69, 9.17) is 14.2 Å². The second-order valence-electron chi connectivity index (χ2n) is 7.45. The number of amides is 2. The molecule has 0 bridgehead atoms. The van der Waals surface area contributed by atoms with Crippen molar-refractivity contribution in [3.63, 3.8) is 0 Å². The molecule has 1 unspecified atom stereocenters. The highest BCUT2D eigenvalue weighted by Crippen LogP contribution is 2.32. The Morgan fingerprint density at radius 1 is 1.14 bits per heavy atom. The molecule has 2 aliphatic heterocycles. The first-order chi connectivity index (χ1) is 14.1. The molecule has 2 amide bonds. The van der Waals surface area contributed by atoms with Crippen molar-refractivity contribution >= 4 is 11.8 Å². The van der Waals surface area contributed by atoms with E-state index in [9.17, 15) is 9.59 Å². The van der Waals surface area contributed by atoms with Gasteiger partial charge in [0.2, 0.25) is 11.8 Å². The summed E-state index contributed by atoms with van der Waals surface area (Å²) < 4.78 is 16.3. The van der Waals surface area contributed by atoms with Crippen molar-refractivity contribution in [2.24, 2.45) is 0 Å². The maximum Gasteiger partial charge on any atom is 0.237 e. The van der Waals surface area contributed by atoms with Gasteiger partial charge in [0.1, 0.15) is 0 Å². The van der Waals surface area contributed by atoms with Gasteiger partial charge in [0.05, 0.1) is 32.8 Å². The Balaban J connectivity index is 1.70. The molecule has 160 valence electrons. The van der Waals surface area contributed by atoms with Crippen molar-refractivity contribution in [1.82, 2.24) is 15.1 Å². The lowest BCUT2D eigenvalue weighted by Gasteiger charge is -2.37. The van der Waals surface area contributed by atoms with Crippen LogP contribution >= 0.6 is 0 Å².